The average Bonchev–Trinajstić information content (AvgIpc) is 3.40. The number of hydrogen-bond acceptors (Lipinski definition) is 8. The van der Waals surface area contributed by atoms with Crippen molar-refractivity contribution in [3.8, 4) is 17.2 Å². The standard InChI is InChI=1S/C22H24N6O5S/c1-15-2-3-17(28-14-23-25-26-28)12-19(15)24-22(29)16-6-8-27(9-7-16)34(30,31)18-4-5-20-21(13-18)33-11-10-32-20/h2-5,12-14,16H,6-11H2,1H3,(H,24,29). The van der Waals surface area contributed by atoms with E-state index in [0.29, 0.717) is 43.2 Å². The molecule has 2 aliphatic heterocycles. The van der Waals surface area contributed by atoms with Crippen LogP contribution in [0.3, 0.4) is 0 Å². The van der Waals surface area contributed by atoms with E-state index in [1.165, 1.54) is 27.4 Å². The molecule has 2 aliphatic rings. The van der Waals surface area contributed by atoms with Gasteiger partial charge in [0.25, 0.3) is 0 Å². The Kier molecular flexibility index (Phi) is 5.92. The summed E-state index contributed by atoms with van der Waals surface area (Å²) in [5.41, 5.74) is 2.30. The second-order valence-electron chi connectivity index (χ2n) is 8.23. The van der Waals surface area contributed by atoms with Crippen LogP contribution in [0.1, 0.15) is 18.4 Å². The van der Waals surface area contributed by atoms with Gasteiger partial charge in [0.05, 0.1) is 10.6 Å². The predicted molar refractivity (Wildman–Crippen MR) is 121 cm³/mol. The molecule has 2 aromatic carbocycles. The molecule has 3 aromatic rings. The van der Waals surface area contributed by atoms with Crippen LogP contribution < -0.4 is 14.8 Å². The highest BCUT2D eigenvalue weighted by Crippen LogP contribution is 2.34. The van der Waals surface area contributed by atoms with Gasteiger partial charge in [-0.05, 0) is 60.0 Å². The normalized spacial score (nSPS) is 16.9. The number of rotatable bonds is 5. The zero-order valence-electron chi connectivity index (χ0n) is 18.5. The number of tetrazole rings is 1. The maximum absolute atomic E-state index is 13.1. The molecule has 0 aliphatic carbocycles. The van der Waals surface area contributed by atoms with Crippen molar-refractivity contribution in [3.63, 3.8) is 0 Å². The van der Waals surface area contributed by atoms with Gasteiger partial charge in [0.1, 0.15) is 19.5 Å². The number of aromatic nitrogens is 4. The minimum atomic E-state index is -3.70. The molecule has 12 heteroatoms. The van der Waals surface area contributed by atoms with Gasteiger partial charge < -0.3 is 14.8 Å². The van der Waals surface area contributed by atoms with Gasteiger partial charge in [-0.1, -0.05) is 6.07 Å². The third-order valence-corrected chi connectivity index (χ3v) is 7.96. The lowest BCUT2D eigenvalue weighted by molar-refractivity contribution is -0.120. The number of carbonyl (C=O) groups excluding carboxylic acids is 1. The number of fused-ring (bicyclic) bond motifs is 1. The first-order chi connectivity index (χ1) is 16.4. The third kappa shape index (κ3) is 4.33. The first-order valence-electron chi connectivity index (χ1n) is 11.0. The third-order valence-electron chi connectivity index (χ3n) is 6.07. The summed E-state index contributed by atoms with van der Waals surface area (Å²) in [7, 11) is -3.70. The number of anilines is 1. The Morgan fingerprint density at radius 1 is 1.06 bits per heavy atom. The van der Waals surface area contributed by atoms with E-state index in [9.17, 15) is 13.2 Å². The number of piperidine rings is 1. The molecule has 0 radical (unpaired) electrons. The Labute approximate surface area is 196 Å². The minimum Gasteiger partial charge on any atom is -0.486 e. The summed E-state index contributed by atoms with van der Waals surface area (Å²) in [6, 6.07) is 10.2. The van der Waals surface area contributed by atoms with Crippen molar-refractivity contribution >= 4 is 21.6 Å². The van der Waals surface area contributed by atoms with E-state index in [-0.39, 0.29) is 29.8 Å². The number of amides is 1. The van der Waals surface area contributed by atoms with Gasteiger partial charge >= 0.3 is 0 Å². The van der Waals surface area contributed by atoms with Crippen LogP contribution in [0.5, 0.6) is 11.5 Å². The molecule has 5 rings (SSSR count). The fraction of sp³-hybridized carbons (Fsp3) is 0.364. The Morgan fingerprint density at radius 3 is 2.56 bits per heavy atom. The largest absolute Gasteiger partial charge is 0.486 e. The van der Waals surface area contributed by atoms with Crippen LogP contribution in [0.15, 0.2) is 47.6 Å². The van der Waals surface area contributed by atoms with Crippen molar-refractivity contribution in [1.29, 1.82) is 0 Å². The fourth-order valence-electron chi connectivity index (χ4n) is 4.09. The molecule has 178 valence electrons. The van der Waals surface area contributed by atoms with E-state index in [1.54, 1.807) is 6.07 Å². The highest BCUT2D eigenvalue weighted by Gasteiger charge is 2.33. The van der Waals surface area contributed by atoms with Crippen LogP contribution in [0.25, 0.3) is 5.69 Å². The summed E-state index contributed by atoms with van der Waals surface area (Å²) in [4.78, 5) is 13.1. The summed E-state index contributed by atoms with van der Waals surface area (Å²) in [5.74, 6) is 0.553. The zero-order chi connectivity index (χ0) is 23.7. The van der Waals surface area contributed by atoms with Gasteiger partial charge in [-0.3, -0.25) is 4.79 Å². The lowest BCUT2D eigenvalue weighted by atomic mass is 9.97. The molecule has 1 amide bonds. The molecular formula is C22H24N6O5S. The van der Waals surface area contributed by atoms with E-state index in [1.807, 2.05) is 25.1 Å². The second-order valence-corrected chi connectivity index (χ2v) is 10.2. The van der Waals surface area contributed by atoms with Gasteiger partial charge in [-0.25, -0.2) is 13.1 Å². The van der Waals surface area contributed by atoms with Gasteiger partial charge in [0.2, 0.25) is 15.9 Å². The Hall–Kier alpha value is -3.51. The Morgan fingerprint density at radius 2 is 1.82 bits per heavy atom. The van der Waals surface area contributed by atoms with Crippen molar-refractivity contribution in [2.45, 2.75) is 24.7 Å². The molecule has 0 saturated carbocycles. The molecule has 0 unspecified atom stereocenters. The van der Waals surface area contributed by atoms with Crippen molar-refractivity contribution in [3.05, 3.63) is 48.3 Å². The van der Waals surface area contributed by atoms with Gasteiger partial charge in [-0.2, -0.15) is 4.31 Å². The van der Waals surface area contributed by atoms with E-state index >= 15 is 0 Å². The highest BCUT2D eigenvalue weighted by molar-refractivity contribution is 7.89. The van der Waals surface area contributed by atoms with Crippen molar-refractivity contribution in [2.75, 3.05) is 31.6 Å². The van der Waals surface area contributed by atoms with Crippen LogP contribution in [0.2, 0.25) is 0 Å². The lowest BCUT2D eigenvalue weighted by Gasteiger charge is -2.31. The number of sulfonamides is 1. The molecule has 0 atom stereocenters. The number of nitrogens with one attached hydrogen (secondary N) is 1. The smallest absolute Gasteiger partial charge is 0.243 e. The van der Waals surface area contributed by atoms with Crippen LogP contribution in [-0.2, 0) is 14.8 Å². The molecular weight excluding hydrogens is 460 g/mol. The van der Waals surface area contributed by atoms with Crippen molar-refractivity contribution < 1.29 is 22.7 Å². The van der Waals surface area contributed by atoms with Crippen LogP contribution in [0.4, 0.5) is 5.69 Å². The van der Waals surface area contributed by atoms with E-state index in [2.05, 4.69) is 20.8 Å². The number of hydrogen-bond donors (Lipinski definition) is 1. The fourth-order valence-corrected chi connectivity index (χ4v) is 5.58. The summed E-state index contributed by atoms with van der Waals surface area (Å²) >= 11 is 0. The molecule has 1 N–H and O–H groups in total. The maximum atomic E-state index is 13.1. The molecule has 1 fully saturated rings. The molecule has 11 nitrogen and oxygen atoms in total. The number of ether oxygens (including phenoxy) is 2. The van der Waals surface area contributed by atoms with Gasteiger partial charge in [0, 0.05) is 30.8 Å². The quantitative estimate of drug-likeness (QED) is 0.580. The highest BCUT2D eigenvalue weighted by atomic mass is 32.2. The Balaban J connectivity index is 1.24. The molecule has 34 heavy (non-hydrogen) atoms. The topological polar surface area (TPSA) is 129 Å². The summed E-state index contributed by atoms with van der Waals surface area (Å²) in [6.07, 6.45) is 2.34. The van der Waals surface area contributed by atoms with E-state index < -0.39 is 10.0 Å². The molecule has 0 bridgehead atoms. The molecule has 0 spiro atoms. The van der Waals surface area contributed by atoms with E-state index in [4.69, 9.17) is 9.47 Å². The SMILES string of the molecule is Cc1ccc(-n2cnnn2)cc1NC(=O)C1CCN(S(=O)(=O)c2ccc3c(c2)OCCO3)CC1. The summed E-state index contributed by atoms with van der Waals surface area (Å²) in [5, 5.41) is 14.1. The minimum absolute atomic E-state index is 0.131. The number of aryl methyl sites for hydroxylation is 1. The predicted octanol–water partition coefficient (Wildman–Crippen LogP) is 1.78. The number of nitrogens with zero attached hydrogens (tertiary/aromatic N) is 5. The Bertz CT molecular complexity index is 1300. The summed E-state index contributed by atoms with van der Waals surface area (Å²) < 4.78 is 40.2. The van der Waals surface area contributed by atoms with Crippen LogP contribution in [-0.4, -0.2) is 65.1 Å². The van der Waals surface area contributed by atoms with Gasteiger partial charge in [-0.15, -0.1) is 5.10 Å². The second kappa shape index (κ2) is 9.03. The molecule has 3 heterocycles. The van der Waals surface area contributed by atoms with Crippen molar-refractivity contribution in [2.24, 2.45) is 5.92 Å². The first-order valence-corrected chi connectivity index (χ1v) is 12.4. The zero-order valence-corrected chi connectivity index (χ0v) is 19.4. The van der Waals surface area contributed by atoms with Crippen molar-refractivity contribution in [1.82, 2.24) is 24.5 Å². The van der Waals surface area contributed by atoms with Crippen LogP contribution >= 0.6 is 0 Å². The van der Waals surface area contributed by atoms with E-state index in [0.717, 1.165) is 11.3 Å². The number of carbonyl (C=O) groups is 1. The molecule has 1 aromatic heterocycles. The lowest BCUT2D eigenvalue weighted by Crippen LogP contribution is -2.41. The van der Waals surface area contributed by atoms with Gasteiger partial charge in [0.15, 0.2) is 11.5 Å². The average molecular weight is 485 g/mol. The maximum Gasteiger partial charge on any atom is 0.243 e. The summed E-state index contributed by atoms with van der Waals surface area (Å²) in [6.45, 7) is 3.25. The monoisotopic (exact) mass is 484 g/mol. The first kappa shape index (κ1) is 22.3. The number of benzene rings is 2. The van der Waals surface area contributed by atoms with Crippen LogP contribution in [0, 0.1) is 12.8 Å². The molecule has 1 saturated heterocycles.